The SMILES string of the molecule is COC(=O)c1coc(CNC(C)c2ccc(Cl)cc2)c1. The standard InChI is InChI=1S/C15H16ClNO3/c1-10(11-3-5-13(16)6-4-11)17-8-14-7-12(9-20-14)15(18)19-2/h3-7,9-10,17H,8H2,1-2H3. The van der Waals surface area contributed by atoms with Gasteiger partial charge >= 0.3 is 5.97 Å². The summed E-state index contributed by atoms with van der Waals surface area (Å²) in [5.41, 5.74) is 1.55. The Balaban J connectivity index is 1.93. The molecule has 1 atom stereocenters. The Morgan fingerprint density at radius 3 is 2.75 bits per heavy atom. The molecule has 106 valence electrons. The van der Waals surface area contributed by atoms with Crippen molar-refractivity contribution < 1.29 is 13.9 Å². The van der Waals surface area contributed by atoms with Crippen LogP contribution in [0.1, 0.15) is 34.6 Å². The lowest BCUT2D eigenvalue weighted by Gasteiger charge is -2.13. The number of benzene rings is 1. The van der Waals surface area contributed by atoms with E-state index in [4.69, 9.17) is 16.0 Å². The smallest absolute Gasteiger partial charge is 0.341 e. The van der Waals surface area contributed by atoms with Gasteiger partial charge in [-0.15, -0.1) is 0 Å². The fourth-order valence-electron chi connectivity index (χ4n) is 1.82. The van der Waals surface area contributed by atoms with E-state index in [0.29, 0.717) is 17.9 Å². The first kappa shape index (κ1) is 14.6. The van der Waals surface area contributed by atoms with Gasteiger partial charge in [-0.05, 0) is 30.7 Å². The average Bonchev–Trinajstić information content (AvgIpc) is 2.93. The molecule has 0 radical (unpaired) electrons. The van der Waals surface area contributed by atoms with Crippen molar-refractivity contribution in [2.24, 2.45) is 0 Å². The summed E-state index contributed by atoms with van der Waals surface area (Å²) in [6, 6.07) is 9.49. The summed E-state index contributed by atoms with van der Waals surface area (Å²) < 4.78 is 9.93. The lowest BCUT2D eigenvalue weighted by Crippen LogP contribution is -2.17. The third kappa shape index (κ3) is 3.62. The minimum Gasteiger partial charge on any atom is -0.467 e. The minimum atomic E-state index is -0.397. The minimum absolute atomic E-state index is 0.152. The highest BCUT2D eigenvalue weighted by Gasteiger charge is 2.11. The Bertz CT molecular complexity index is 577. The lowest BCUT2D eigenvalue weighted by molar-refractivity contribution is 0.0600. The Morgan fingerprint density at radius 1 is 1.40 bits per heavy atom. The quantitative estimate of drug-likeness (QED) is 0.856. The zero-order valence-electron chi connectivity index (χ0n) is 11.4. The van der Waals surface area contributed by atoms with Crippen LogP contribution in [-0.2, 0) is 11.3 Å². The molecule has 2 aromatic rings. The monoisotopic (exact) mass is 293 g/mol. The number of carbonyl (C=O) groups is 1. The van der Waals surface area contributed by atoms with Crippen LogP contribution >= 0.6 is 11.6 Å². The third-order valence-electron chi connectivity index (χ3n) is 3.03. The second-order valence-corrected chi connectivity index (χ2v) is 4.88. The second-order valence-electron chi connectivity index (χ2n) is 4.45. The Morgan fingerprint density at radius 2 is 2.10 bits per heavy atom. The van der Waals surface area contributed by atoms with Gasteiger partial charge in [0.05, 0.1) is 19.2 Å². The Labute approximate surface area is 122 Å². The summed E-state index contributed by atoms with van der Waals surface area (Å²) in [5.74, 6) is 0.289. The van der Waals surface area contributed by atoms with Crippen molar-refractivity contribution in [2.45, 2.75) is 19.5 Å². The van der Waals surface area contributed by atoms with E-state index >= 15 is 0 Å². The van der Waals surface area contributed by atoms with E-state index in [1.807, 2.05) is 31.2 Å². The molecule has 0 saturated carbocycles. The van der Waals surface area contributed by atoms with Gasteiger partial charge in [-0.2, -0.15) is 0 Å². The van der Waals surface area contributed by atoms with E-state index < -0.39 is 5.97 Å². The molecule has 5 heteroatoms. The van der Waals surface area contributed by atoms with Crippen LogP contribution < -0.4 is 5.32 Å². The topological polar surface area (TPSA) is 51.5 Å². The summed E-state index contributed by atoms with van der Waals surface area (Å²) >= 11 is 5.86. The van der Waals surface area contributed by atoms with Crippen LogP contribution in [0.5, 0.6) is 0 Å². The van der Waals surface area contributed by atoms with Gasteiger partial charge in [0.15, 0.2) is 0 Å². The number of nitrogens with one attached hydrogen (secondary N) is 1. The molecule has 0 aliphatic rings. The molecule has 2 rings (SSSR count). The first-order valence-electron chi connectivity index (χ1n) is 6.24. The molecule has 1 aromatic carbocycles. The van der Waals surface area contributed by atoms with Crippen LogP contribution in [-0.4, -0.2) is 13.1 Å². The van der Waals surface area contributed by atoms with Gasteiger partial charge in [0.1, 0.15) is 12.0 Å². The van der Waals surface area contributed by atoms with Gasteiger partial charge in [-0.25, -0.2) is 4.79 Å². The number of halogens is 1. The molecule has 1 unspecified atom stereocenters. The van der Waals surface area contributed by atoms with Gasteiger partial charge in [-0.3, -0.25) is 0 Å². The second kappa shape index (κ2) is 6.59. The number of hydrogen-bond donors (Lipinski definition) is 1. The molecule has 0 spiro atoms. The predicted molar refractivity (Wildman–Crippen MR) is 76.8 cm³/mol. The lowest BCUT2D eigenvalue weighted by atomic mass is 10.1. The molecule has 0 fully saturated rings. The van der Waals surface area contributed by atoms with Crippen molar-refractivity contribution in [1.82, 2.24) is 5.32 Å². The molecular weight excluding hydrogens is 278 g/mol. The van der Waals surface area contributed by atoms with Crippen LogP contribution in [0.3, 0.4) is 0 Å². The fourth-order valence-corrected chi connectivity index (χ4v) is 1.95. The highest BCUT2D eigenvalue weighted by atomic mass is 35.5. The van der Waals surface area contributed by atoms with Gasteiger partial charge in [0.2, 0.25) is 0 Å². The number of carbonyl (C=O) groups excluding carboxylic acids is 1. The maximum Gasteiger partial charge on any atom is 0.341 e. The highest BCUT2D eigenvalue weighted by molar-refractivity contribution is 6.30. The van der Waals surface area contributed by atoms with Crippen LogP contribution in [0.2, 0.25) is 5.02 Å². The molecule has 0 aliphatic carbocycles. The average molecular weight is 294 g/mol. The highest BCUT2D eigenvalue weighted by Crippen LogP contribution is 2.17. The molecule has 1 N–H and O–H groups in total. The van der Waals surface area contributed by atoms with Crippen molar-refractivity contribution in [1.29, 1.82) is 0 Å². The van der Waals surface area contributed by atoms with E-state index in [1.165, 1.54) is 13.4 Å². The first-order chi connectivity index (χ1) is 9.60. The van der Waals surface area contributed by atoms with E-state index in [2.05, 4.69) is 10.1 Å². The Kier molecular flexibility index (Phi) is 4.82. The van der Waals surface area contributed by atoms with Crippen LogP contribution in [0.4, 0.5) is 0 Å². The maximum absolute atomic E-state index is 11.3. The number of hydrogen-bond acceptors (Lipinski definition) is 4. The van der Waals surface area contributed by atoms with Crippen molar-refractivity contribution in [2.75, 3.05) is 7.11 Å². The van der Waals surface area contributed by atoms with Gasteiger partial charge in [-0.1, -0.05) is 23.7 Å². The summed E-state index contributed by atoms with van der Waals surface area (Å²) in [6.07, 6.45) is 1.40. The summed E-state index contributed by atoms with van der Waals surface area (Å²) in [5, 5.41) is 4.03. The maximum atomic E-state index is 11.3. The van der Waals surface area contributed by atoms with Gasteiger partial charge in [0.25, 0.3) is 0 Å². The molecule has 1 aromatic heterocycles. The van der Waals surface area contributed by atoms with Crippen LogP contribution in [0, 0.1) is 0 Å². The number of rotatable bonds is 5. The number of methoxy groups -OCH3 is 1. The molecule has 0 amide bonds. The van der Waals surface area contributed by atoms with Crippen LogP contribution in [0.25, 0.3) is 0 Å². The predicted octanol–water partition coefficient (Wildman–Crippen LogP) is 3.57. The molecule has 0 aliphatic heterocycles. The van der Waals surface area contributed by atoms with Crippen molar-refractivity contribution in [3.8, 4) is 0 Å². The summed E-state index contributed by atoms with van der Waals surface area (Å²) in [4.78, 5) is 11.3. The normalized spacial score (nSPS) is 12.2. The molecule has 0 saturated heterocycles. The van der Waals surface area contributed by atoms with Crippen LogP contribution in [0.15, 0.2) is 41.0 Å². The van der Waals surface area contributed by atoms with E-state index in [9.17, 15) is 4.79 Å². The molecule has 0 bridgehead atoms. The first-order valence-corrected chi connectivity index (χ1v) is 6.62. The largest absolute Gasteiger partial charge is 0.467 e. The van der Waals surface area contributed by atoms with E-state index in [1.54, 1.807) is 6.07 Å². The molecular formula is C15H16ClNO3. The van der Waals surface area contributed by atoms with Crippen molar-refractivity contribution in [3.05, 3.63) is 58.5 Å². The van der Waals surface area contributed by atoms with E-state index in [-0.39, 0.29) is 6.04 Å². The van der Waals surface area contributed by atoms with Gasteiger partial charge in [0, 0.05) is 11.1 Å². The molecule has 1 heterocycles. The molecule has 4 nitrogen and oxygen atoms in total. The summed E-state index contributed by atoms with van der Waals surface area (Å²) in [7, 11) is 1.34. The zero-order valence-corrected chi connectivity index (χ0v) is 12.1. The fraction of sp³-hybridized carbons (Fsp3) is 0.267. The summed E-state index contributed by atoms with van der Waals surface area (Å²) in [6.45, 7) is 2.58. The number of esters is 1. The Hall–Kier alpha value is -1.78. The van der Waals surface area contributed by atoms with Gasteiger partial charge < -0.3 is 14.5 Å². The number of furan rings is 1. The third-order valence-corrected chi connectivity index (χ3v) is 3.28. The molecule has 20 heavy (non-hydrogen) atoms. The van der Waals surface area contributed by atoms with E-state index in [0.717, 1.165) is 10.6 Å². The van der Waals surface area contributed by atoms with Crippen molar-refractivity contribution in [3.63, 3.8) is 0 Å². The zero-order chi connectivity index (χ0) is 14.5. The number of ether oxygens (including phenoxy) is 1. The van der Waals surface area contributed by atoms with Crippen molar-refractivity contribution >= 4 is 17.6 Å².